The van der Waals surface area contributed by atoms with Crippen LogP contribution in [0.5, 0.6) is 0 Å². The molecule has 0 heterocycles. The predicted molar refractivity (Wildman–Crippen MR) is 148 cm³/mol. The molecule has 4 aromatic carbocycles. The van der Waals surface area contributed by atoms with Crippen LogP contribution in [0, 0.1) is 17.7 Å². The minimum atomic E-state index is -4.36. The highest BCUT2D eigenvalue weighted by Gasteiger charge is 2.29. The maximum absolute atomic E-state index is 15.2. The summed E-state index contributed by atoms with van der Waals surface area (Å²) in [5.74, 6) is 6.09. The first-order valence-electron chi connectivity index (χ1n) is 13.3. The fraction of sp³-hybridized carbons (Fsp3) is 0.294. The SMILES string of the molecule is CCCCCCCc1ccc(C#Cc2ccc3c(F)c(CCc4ccc(C(F)(F)F)cc4)ccc3c2)cc1. The van der Waals surface area contributed by atoms with Gasteiger partial charge in [0, 0.05) is 16.5 Å². The van der Waals surface area contributed by atoms with Crippen molar-refractivity contribution in [1.82, 2.24) is 0 Å². The molecule has 0 unspecified atom stereocenters. The molecule has 4 heteroatoms. The summed E-state index contributed by atoms with van der Waals surface area (Å²) in [6.07, 6.45) is 3.97. The van der Waals surface area contributed by atoms with E-state index in [-0.39, 0.29) is 5.82 Å². The summed E-state index contributed by atoms with van der Waals surface area (Å²) >= 11 is 0. The number of halogens is 4. The first kappa shape index (κ1) is 27.5. The van der Waals surface area contributed by atoms with Gasteiger partial charge in [0.05, 0.1) is 5.56 Å². The van der Waals surface area contributed by atoms with Crippen molar-refractivity contribution < 1.29 is 17.6 Å². The molecule has 4 aromatic rings. The van der Waals surface area contributed by atoms with Gasteiger partial charge in [-0.2, -0.15) is 13.2 Å². The first-order valence-corrected chi connectivity index (χ1v) is 13.3. The average Bonchev–Trinajstić information content (AvgIpc) is 2.92. The normalized spacial score (nSPS) is 11.4. The molecule has 0 aliphatic heterocycles. The molecule has 0 spiro atoms. The molecule has 196 valence electrons. The molecular formula is C34H32F4. The van der Waals surface area contributed by atoms with Gasteiger partial charge in [-0.05, 0) is 84.2 Å². The van der Waals surface area contributed by atoms with Gasteiger partial charge >= 0.3 is 6.18 Å². The number of hydrogen-bond acceptors (Lipinski definition) is 0. The number of rotatable bonds is 9. The van der Waals surface area contributed by atoms with E-state index in [1.807, 2.05) is 18.2 Å². The molecule has 0 aliphatic carbocycles. The lowest BCUT2D eigenvalue weighted by Gasteiger charge is -2.09. The summed E-state index contributed by atoms with van der Waals surface area (Å²) < 4.78 is 53.5. The average molecular weight is 517 g/mol. The van der Waals surface area contributed by atoms with E-state index in [1.54, 1.807) is 12.1 Å². The highest BCUT2D eigenvalue weighted by atomic mass is 19.4. The lowest BCUT2D eigenvalue weighted by Crippen LogP contribution is -2.04. The third-order valence-corrected chi connectivity index (χ3v) is 6.87. The minimum absolute atomic E-state index is 0.292. The Bertz CT molecular complexity index is 1400. The van der Waals surface area contributed by atoms with Gasteiger partial charge in [0.25, 0.3) is 0 Å². The van der Waals surface area contributed by atoms with Gasteiger partial charge < -0.3 is 0 Å². The smallest absolute Gasteiger partial charge is 0.206 e. The zero-order valence-electron chi connectivity index (χ0n) is 21.7. The molecule has 0 nitrogen and oxygen atoms in total. The van der Waals surface area contributed by atoms with Crippen LogP contribution in [0.1, 0.15) is 72.4 Å². The second kappa shape index (κ2) is 12.8. The second-order valence-electron chi connectivity index (χ2n) is 9.78. The van der Waals surface area contributed by atoms with E-state index in [0.717, 1.165) is 40.6 Å². The highest BCUT2D eigenvalue weighted by Crippen LogP contribution is 2.29. The zero-order valence-corrected chi connectivity index (χ0v) is 21.7. The van der Waals surface area contributed by atoms with Crippen LogP contribution in [0.15, 0.2) is 78.9 Å². The van der Waals surface area contributed by atoms with E-state index >= 15 is 4.39 Å². The van der Waals surface area contributed by atoms with Gasteiger partial charge in [0.1, 0.15) is 5.82 Å². The summed E-state index contributed by atoms with van der Waals surface area (Å²) in [6.45, 7) is 2.23. The Kier molecular flexibility index (Phi) is 9.24. The maximum atomic E-state index is 15.2. The van der Waals surface area contributed by atoms with E-state index in [2.05, 4.69) is 43.0 Å². The molecular weight excluding hydrogens is 484 g/mol. The van der Waals surface area contributed by atoms with E-state index < -0.39 is 11.7 Å². The van der Waals surface area contributed by atoms with Crippen molar-refractivity contribution in [3.8, 4) is 11.8 Å². The lowest BCUT2D eigenvalue weighted by molar-refractivity contribution is -0.137. The lowest BCUT2D eigenvalue weighted by atomic mass is 9.98. The van der Waals surface area contributed by atoms with E-state index in [1.165, 1.54) is 49.8 Å². The summed E-state index contributed by atoms with van der Waals surface area (Å²) in [7, 11) is 0. The fourth-order valence-corrected chi connectivity index (χ4v) is 4.58. The van der Waals surface area contributed by atoms with E-state index in [0.29, 0.717) is 23.8 Å². The summed E-state index contributed by atoms with van der Waals surface area (Å²) in [4.78, 5) is 0. The number of hydrogen-bond donors (Lipinski definition) is 0. The molecule has 0 saturated carbocycles. The van der Waals surface area contributed by atoms with Crippen LogP contribution in [-0.4, -0.2) is 0 Å². The molecule has 0 N–H and O–H groups in total. The number of alkyl halides is 3. The molecule has 4 rings (SSSR count). The second-order valence-corrected chi connectivity index (χ2v) is 9.78. The van der Waals surface area contributed by atoms with E-state index in [4.69, 9.17) is 0 Å². The topological polar surface area (TPSA) is 0 Å². The Labute approximate surface area is 222 Å². The molecule has 0 atom stereocenters. The molecule has 0 saturated heterocycles. The van der Waals surface area contributed by atoms with Crippen LogP contribution in [0.2, 0.25) is 0 Å². The molecule has 0 radical (unpaired) electrons. The van der Waals surface area contributed by atoms with Crippen molar-refractivity contribution in [2.75, 3.05) is 0 Å². The highest BCUT2D eigenvalue weighted by molar-refractivity contribution is 5.85. The minimum Gasteiger partial charge on any atom is -0.206 e. The number of benzene rings is 4. The molecule has 0 bridgehead atoms. The van der Waals surface area contributed by atoms with Crippen molar-refractivity contribution in [1.29, 1.82) is 0 Å². The first-order chi connectivity index (χ1) is 18.3. The quantitative estimate of drug-likeness (QED) is 0.118. The maximum Gasteiger partial charge on any atom is 0.416 e. The summed E-state index contributed by atoms with van der Waals surface area (Å²) in [5, 5.41) is 1.29. The molecule has 0 aromatic heterocycles. The Morgan fingerprint density at radius 1 is 0.632 bits per heavy atom. The third kappa shape index (κ3) is 7.48. The Morgan fingerprint density at radius 3 is 1.97 bits per heavy atom. The van der Waals surface area contributed by atoms with Gasteiger partial charge in [-0.15, -0.1) is 0 Å². The van der Waals surface area contributed by atoms with Crippen LogP contribution in [0.3, 0.4) is 0 Å². The van der Waals surface area contributed by atoms with Crippen LogP contribution >= 0.6 is 0 Å². The third-order valence-electron chi connectivity index (χ3n) is 6.87. The number of aryl methyl sites for hydroxylation is 3. The Morgan fingerprint density at radius 2 is 1.26 bits per heavy atom. The van der Waals surface area contributed by atoms with Gasteiger partial charge in [-0.3, -0.25) is 0 Å². The molecule has 0 aliphatic rings. The predicted octanol–water partition coefficient (Wildman–Crippen LogP) is 9.70. The standard InChI is InChI=1S/C34H32F4/c1-2-3-4-5-6-7-25-8-10-26(11-9-25)12-13-28-17-23-32-30(24-28)20-19-29(33(32)35)18-14-27-15-21-31(22-16-27)34(36,37)38/h8-11,15-17,19-24H,2-7,14,18H2,1H3. The van der Waals surface area contributed by atoms with Crippen LogP contribution in [-0.2, 0) is 25.4 Å². The Balaban J connectivity index is 1.38. The van der Waals surface area contributed by atoms with Crippen LogP contribution < -0.4 is 0 Å². The number of unbranched alkanes of at least 4 members (excludes halogenated alkanes) is 4. The molecule has 0 amide bonds. The largest absolute Gasteiger partial charge is 0.416 e. The number of fused-ring (bicyclic) bond motifs is 1. The summed E-state index contributed by atoms with van der Waals surface area (Å²) in [5.41, 5.74) is 3.70. The molecule has 38 heavy (non-hydrogen) atoms. The van der Waals surface area contributed by atoms with Gasteiger partial charge in [-0.25, -0.2) is 4.39 Å². The van der Waals surface area contributed by atoms with Crippen LogP contribution in [0.4, 0.5) is 17.6 Å². The van der Waals surface area contributed by atoms with Gasteiger partial charge in [-0.1, -0.05) is 86.9 Å². The van der Waals surface area contributed by atoms with E-state index in [9.17, 15) is 13.2 Å². The molecule has 0 fully saturated rings. The monoisotopic (exact) mass is 516 g/mol. The van der Waals surface area contributed by atoms with Crippen molar-refractivity contribution in [2.45, 2.75) is 64.5 Å². The summed E-state index contributed by atoms with van der Waals surface area (Å²) in [6, 6.07) is 22.5. The van der Waals surface area contributed by atoms with Gasteiger partial charge in [0.2, 0.25) is 0 Å². The van der Waals surface area contributed by atoms with Gasteiger partial charge in [0.15, 0.2) is 0 Å². The fourth-order valence-electron chi connectivity index (χ4n) is 4.58. The van der Waals surface area contributed by atoms with Crippen molar-refractivity contribution in [3.05, 3.63) is 118 Å². The van der Waals surface area contributed by atoms with Crippen molar-refractivity contribution in [3.63, 3.8) is 0 Å². The van der Waals surface area contributed by atoms with Crippen molar-refractivity contribution >= 4 is 10.8 Å². The van der Waals surface area contributed by atoms with Crippen LogP contribution in [0.25, 0.3) is 10.8 Å². The van der Waals surface area contributed by atoms with Crippen molar-refractivity contribution in [2.24, 2.45) is 0 Å². The zero-order chi connectivity index (χ0) is 27.0. The Hall–Kier alpha value is -3.58.